The van der Waals surface area contributed by atoms with Crippen molar-refractivity contribution in [3.63, 3.8) is 0 Å². The lowest BCUT2D eigenvalue weighted by atomic mass is 10.1. The molecule has 0 spiro atoms. The van der Waals surface area contributed by atoms with E-state index in [9.17, 15) is 26.4 Å². The number of likely N-dealkylation sites (N-methyl/N-ethyl adjacent to an activating group) is 1. The first-order valence-electron chi connectivity index (χ1n) is 9.89. The molecule has 0 saturated heterocycles. The number of hydrogen-bond donors (Lipinski definition) is 1. The first-order chi connectivity index (χ1) is 15.4. The van der Waals surface area contributed by atoms with Crippen molar-refractivity contribution in [2.45, 2.75) is 35.2 Å². The van der Waals surface area contributed by atoms with Crippen LogP contribution in [0.3, 0.4) is 0 Å². The summed E-state index contributed by atoms with van der Waals surface area (Å²) in [5.41, 5.74) is 1.77. The lowest BCUT2D eigenvalue weighted by molar-refractivity contribution is -0.155. The molecule has 1 aromatic carbocycles. The minimum atomic E-state index is -4.67. The van der Waals surface area contributed by atoms with E-state index in [1.165, 1.54) is 17.0 Å². The van der Waals surface area contributed by atoms with Gasteiger partial charge in [-0.05, 0) is 29.7 Å². The summed E-state index contributed by atoms with van der Waals surface area (Å²) in [7, 11) is -0.454. The van der Waals surface area contributed by atoms with Gasteiger partial charge in [-0.3, -0.25) is 4.79 Å². The summed E-state index contributed by atoms with van der Waals surface area (Å²) in [6, 6.07) is 10.7. The average molecular weight is 500 g/mol. The molecule has 7 nitrogen and oxygen atoms in total. The number of benzene rings is 1. The number of aromatic nitrogens is 1. The van der Waals surface area contributed by atoms with E-state index in [4.69, 9.17) is 0 Å². The van der Waals surface area contributed by atoms with Crippen LogP contribution in [0.1, 0.15) is 29.2 Å². The molecule has 33 heavy (non-hydrogen) atoms. The molecule has 2 heterocycles. The Hall–Kier alpha value is -2.70. The van der Waals surface area contributed by atoms with E-state index in [-0.39, 0.29) is 32.6 Å². The average Bonchev–Trinajstić information content (AvgIpc) is 3.13. The second-order valence-corrected chi connectivity index (χ2v) is 11.0. The minimum absolute atomic E-state index is 0.00428. The SMILES string of the molecule is CN(C)C(=O)Cc1ccc([C@@H]2C[C@H]2NS(=O)(=O)c2ccc(-c3cc(C(F)(F)F)on3)s2)cc1. The molecule has 0 aliphatic heterocycles. The Morgan fingerprint density at radius 3 is 2.52 bits per heavy atom. The highest BCUT2D eigenvalue weighted by atomic mass is 32.2. The quantitative estimate of drug-likeness (QED) is 0.533. The first kappa shape index (κ1) is 23.5. The fraction of sp³-hybridized carbons (Fsp3) is 0.333. The highest BCUT2D eigenvalue weighted by Crippen LogP contribution is 2.42. The molecule has 0 radical (unpaired) electrons. The Kier molecular flexibility index (Phi) is 6.10. The summed E-state index contributed by atoms with van der Waals surface area (Å²) < 4.78 is 70.5. The van der Waals surface area contributed by atoms with Crippen LogP contribution in [0.2, 0.25) is 0 Å². The van der Waals surface area contributed by atoms with Gasteiger partial charge in [0, 0.05) is 32.1 Å². The summed E-state index contributed by atoms with van der Waals surface area (Å²) in [4.78, 5) is 13.6. The molecule has 176 valence electrons. The normalized spacial score (nSPS) is 18.3. The maximum atomic E-state index is 12.7. The van der Waals surface area contributed by atoms with Crippen molar-refractivity contribution in [1.29, 1.82) is 0 Å². The van der Waals surface area contributed by atoms with Gasteiger partial charge in [0.1, 0.15) is 9.90 Å². The molecule has 3 aromatic rings. The molecule has 1 saturated carbocycles. The highest BCUT2D eigenvalue weighted by Gasteiger charge is 2.42. The summed E-state index contributed by atoms with van der Waals surface area (Å²) in [6.45, 7) is 0. The number of carbonyl (C=O) groups excluding carboxylic acids is 1. The number of nitrogens with zero attached hydrogens (tertiary/aromatic N) is 2. The summed E-state index contributed by atoms with van der Waals surface area (Å²) in [5.74, 6) is -1.23. The second-order valence-electron chi connectivity index (χ2n) is 7.97. The van der Waals surface area contributed by atoms with Gasteiger partial charge in [-0.2, -0.15) is 13.2 Å². The number of carbonyl (C=O) groups is 1. The monoisotopic (exact) mass is 499 g/mol. The third-order valence-electron chi connectivity index (χ3n) is 5.25. The minimum Gasteiger partial charge on any atom is -0.351 e. The number of nitrogens with one attached hydrogen (secondary N) is 1. The number of alkyl halides is 3. The number of rotatable bonds is 7. The second kappa shape index (κ2) is 8.58. The lowest BCUT2D eigenvalue weighted by Gasteiger charge is -2.10. The molecule has 0 unspecified atom stereocenters. The molecular weight excluding hydrogens is 479 g/mol. The molecule has 1 aliphatic carbocycles. The van der Waals surface area contributed by atoms with Crippen LogP contribution in [0.5, 0.6) is 0 Å². The summed E-state index contributed by atoms with van der Waals surface area (Å²) in [6.07, 6.45) is -3.74. The maximum Gasteiger partial charge on any atom is 0.452 e. The molecule has 0 bridgehead atoms. The Balaban J connectivity index is 1.39. The summed E-state index contributed by atoms with van der Waals surface area (Å²) >= 11 is 0.817. The Bertz CT molecular complexity index is 1260. The molecule has 12 heteroatoms. The zero-order valence-corrected chi connectivity index (χ0v) is 19.2. The zero-order chi connectivity index (χ0) is 24.0. The molecule has 2 atom stereocenters. The maximum absolute atomic E-state index is 12.7. The summed E-state index contributed by atoms with van der Waals surface area (Å²) in [5, 5.41) is 3.38. The van der Waals surface area contributed by atoms with E-state index in [0.29, 0.717) is 12.8 Å². The zero-order valence-electron chi connectivity index (χ0n) is 17.6. The van der Waals surface area contributed by atoms with Gasteiger partial charge >= 0.3 is 6.18 Å². The first-order valence-corrected chi connectivity index (χ1v) is 12.2. The van der Waals surface area contributed by atoms with E-state index >= 15 is 0 Å². The van der Waals surface area contributed by atoms with E-state index < -0.39 is 22.0 Å². The van der Waals surface area contributed by atoms with Crippen molar-refractivity contribution < 1.29 is 30.9 Å². The van der Waals surface area contributed by atoms with Crippen LogP contribution in [-0.2, 0) is 27.4 Å². The largest absolute Gasteiger partial charge is 0.452 e. The Morgan fingerprint density at radius 1 is 1.21 bits per heavy atom. The van der Waals surface area contributed by atoms with E-state index in [1.54, 1.807) is 14.1 Å². The molecule has 4 rings (SSSR count). The Morgan fingerprint density at radius 2 is 1.91 bits per heavy atom. The topological polar surface area (TPSA) is 92.5 Å². The van der Waals surface area contributed by atoms with Crippen LogP contribution in [0.25, 0.3) is 10.6 Å². The van der Waals surface area contributed by atoms with Crippen LogP contribution in [0, 0.1) is 0 Å². The predicted molar refractivity (Wildman–Crippen MR) is 115 cm³/mol. The van der Waals surface area contributed by atoms with Gasteiger partial charge in [0.25, 0.3) is 0 Å². The number of hydrogen-bond acceptors (Lipinski definition) is 6. The van der Waals surface area contributed by atoms with Gasteiger partial charge in [0.2, 0.25) is 21.7 Å². The van der Waals surface area contributed by atoms with Gasteiger partial charge in [0.05, 0.1) is 11.3 Å². The van der Waals surface area contributed by atoms with Gasteiger partial charge in [0.15, 0.2) is 0 Å². The molecule has 1 fully saturated rings. The van der Waals surface area contributed by atoms with E-state index in [1.807, 2.05) is 24.3 Å². The van der Waals surface area contributed by atoms with Crippen molar-refractivity contribution in [1.82, 2.24) is 14.8 Å². The Labute approximate surface area is 192 Å². The third-order valence-corrected chi connectivity index (χ3v) is 8.34. The van der Waals surface area contributed by atoms with Gasteiger partial charge < -0.3 is 9.42 Å². The van der Waals surface area contributed by atoms with Gasteiger partial charge in [-0.15, -0.1) is 11.3 Å². The molecule has 2 aromatic heterocycles. The van der Waals surface area contributed by atoms with Crippen molar-refractivity contribution in [2.24, 2.45) is 0 Å². The molecular formula is C21H20F3N3O4S2. The number of thiophene rings is 1. The molecule has 1 aliphatic rings. The fourth-order valence-electron chi connectivity index (χ4n) is 3.29. The van der Waals surface area contributed by atoms with Crippen LogP contribution in [0.15, 0.2) is 51.2 Å². The van der Waals surface area contributed by atoms with Gasteiger partial charge in [-0.25, -0.2) is 13.1 Å². The van der Waals surface area contributed by atoms with E-state index in [2.05, 4.69) is 14.4 Å². The smallest absolute Gasteiger partial charge is 0.351 e. The van der Waals surface area contributed by atoms with Crippen molar-refractivity contribution in [3.05, 3.63) is 59.4 Å². The van der Waals surface area contributed by atoms with Crippen molar-refractivity contribution in [2.75, 3.05) is 14.1 Å². The van der Waals surface area contributed by atoms with E-state index in [0.717, 1.165) is 28.5 Å². The predicted octanol–water partition coefficient (Wildman–Crippen LogP) is 3.89. The lowest BCUT2D eigenvalue weighted by Crippen LogP contribution is -2.26. The van der Waals surface area contributed by atoms with Crippen molar-refractivity contribution >= 4 is 27.3 Å². The number of amides is 1. The van der Waals surface area contributed by atoms with Crippen molar-refractivity contribution in [3.8, 4) is 10.6 Å². The van der Waals surface area contributed by atoms with Gasteiger partial charge in [-0.1, -0.05) is 29.4 Å². The highest BCUT2D eigenvalue weighted by molar-refractivity contribution is 7.91. The third kappa shape index (κ3) is 5.28. The van der Waals surface area contributed by atoms with Crippen LogP contribution >= 0.6 is 11.3 Å². The molecule has 1 N–H and O–H groups in total. The molecule has 1 amide bonds. The number of halogens is 3. The fourth-order valence-corrected chi connectivity index (χ4v) is 5.86. The van der Waals surface area contributed by atoms with Crippen LogP contribution in [-0.4, -0.2) is 44.5 Å². The number of sulfonamides is 1. The standard InChI is InChI=1S/C21H20F3N3O4S2/c1-27(2)19(28)9-12-3-5-13(6-4-12)14-10-15(14)26-33(29,30)20-8-7-17(32-20)16-11-18(31-25-16)21(22,23)24/h3-8,11,14-15,26H,9-10H2,1-2H3/t14-,15+/m0/s1. The van der Waals surface area contributed by atoms with Crippen LogP contribution < -0.4 is 4.72 Å². The van der Waals surface area contributed by atoms with Crippen LogP contribution in [0.4, 0.5) is 13.2 Å².